The van der Waals surface area contributed by atoms with Gasteiger partial charge in [-0.25, -0.2) is 28.8 Å². The summed E-state index contributed by atoms with van der Waals surface area (Å²) in [7, 11) is 1.40. The molecule has 0 saturated carbocycles. The zero-order chi connectivity index (χ0) is 106. The van der Waals surface area contributed by atoms with Crippen LogP contribution in [0, 0.1) is 39.8 Å². The third-order valence-electron chi connectivity index (χ3n) is 19.3. The first-order valence-corrected chi connectivity index (χ1v) is 53.6. The molecule has 6 aliphatic heterocycles. The van der Waals surface area contributed by atoms with Crippen LogP contribution in [0.5, 0.6) is 34.5 Å². The summed E-state index contributed by atoms with van der Waals surface area (Å²) in [6.45, 7) is 9.30. The molecule has 6 aromatic carbocycles. The zero-order valence-corrected chi connectivity index (χ0v) is 84.1. The molecule has 0 radical (unpaired) electrons. The summed E-state index contributed by atoms with van der Waals surface area (Å²) < 4.78 is 176. The number of rotatable bonds is 23. The van der Waals surface area contributed by atoms with Crippen molar-refractivity contribution in [1.29, 1.82) is 0 Å². The summed E-state index contributed by atoms with van der Waals surface area (Å²) in [5, 5.41) is 21.4. The molecule has 2 unspecified atom stereocenters. The maximum atomic E-state index is 12.9. The number of hydrogen-bond acceptors (Lipinski definition) is 26. The van der Waals surface area contributed by atoms with E-state index in [4.69, 9.17) is 19.3 Å². The lowest BCUT2D eigenvalue weighted by atomic mass is 9.98. The van der Waals surface area contributed by atoms with Gasteiger partial charge in [-0.1, -0.05) is 159 Å². The number of fused-ring (bicyclic) bond motifs is 6. The molecule has 0 saturated heterocycles. The molecule has 3 atom stereocenters. The quantitative estimate of drug-likeness (QED) is 0.00660. The summed E-state index contributed by atoms with van der Waals surface area (Å²) in [6, 6.07) is 24.9. The molecule has 35 nitrogen and oxygen atoms in total. The van der Waals surface area contributed by atoms with E-state index in [1.807, 2.05) is 58.9 Å². The Morgan fingerprint density at radius 3 is 1.00 bits per heavy atom. The van der Waals surface area contributed by atoms with Gasteiger partial charge in [-0.15, -0.1) is 16.6 Å². The van der Waals surface area contributed by atoms with Gasteiger partial charge >= 0.3 is 75.2 Å². The Hall–Kier alpha value is -14.3. The van der Waals surface area contributed by atoms with Crippen LogP contribution in [-0.4, -0.2) is 245 Å². The molecule has 9 amide bonds. The molecule has 0 bridgehead atoms. The monoisotopic (exact) mass is 2170 g/mol. The van der Waals surface area contributed by atoms with Crippen LogP contribution in [0.2, 0.25) is 58.9 Å². The Labute approximate surface area is 844 Å². The molecular weight excluding hydrogens is 2050 g/mol. The molecule has 6 aliphatic rings. The Bertz CT molecular complexity index is 5670. The third-order valence-corrected chi connectivity index (χ3v) is 22.6. The van der Waals surface area contributed by atoms with Crippen LogP contribution in [0.4, 0.5) is 58.3 Å². The van der Waals surface area contributed by atoms with E-state index >= 15 is 0 Å². The number of carbonyl (C=O) groups is 13. The highest BCUT2D eigenvalue weighted by Crippen LogP contribution is 2.35. The van der Waals surface area contributed by atoms with Gasteiger partial charge in [-0.05, 0) is 127 Å². The smallest absolute Gasteiger partial charge is 0.408 e. The standard InChI is InChI=1S/2C20H24F2N2O6Si.C15H17F2NO4.C10H8BrF2NO2.C10H17NO4Si.C9H7F2NO2.C8H7NO2.4CH4/c2*1-28-17(26)20(23-19(27)29-2,8-9-31(3,4)5)12-24-11-13-6-7-14(30-18(21)22)10-15(13)16(24)25;1-15(2,3)13(20)21-8-18-7-9-4-5-10(22-14(16)17)6-11(9)12(18)19;11-5-14-4-6-1-2-7(16-10(12)13)3-8(6)9(14)15;1-14-9(12)8(11-10(13)15-2)6-7-16(3,4)5;10-9(11)14-6-2-1-5-4-12-8(13)7(5)3-6;10-6-2-1-5-4-9-8(11)7(5)3-6;;;;/h2*6-7,10,18H,11-12H2,1-5H3,(H,23,27);4-6,14H,7-8H2,1-3H3;1-3,10H,4-5H2;8H,1-5H3,(H,11,13);1-3,9H,4H2,(H,12,13);1-3,10H,4H2,(H,9,11);4*1H4/t20-;;;;;;;;;;/m1........../s1. The van der Waals surface area contributed by atoms with Crippen LogP contribution in [-0.2, 0) is 91.6 Å². The van der Waals surface area contributed by atoms with Crippen LogP contribution < -0.4 is 50.3 Å². The number of nitrogens with one attached hydrogen (secondary N) is 5. The average Bonchev–Trinajstić information content (AvgIpc) is 1.64. The number of esters is 4. The maximum Gasteiger partial charge on any atom is 0.408 e. The summed E-state index contributed by atoms with van der Waals surface area (Å²) >= 11 is 3.19. The van der Waals surface area contributed by atoms with Crippen molar-refractivity contribution >= 4 is 118 Å². The number of methoxy groups -OCH3 is 6. The van der Waals surface area contributed by atoms with Crippen molar-refractivity contribution in [3.05, 3.63) is 176 Å². The number of carbonyl (C=O) groups excluding carboxylic acids is 13. The second-order valence-corrected chi connectivity index (χ2v) is 49.3. The van der Waals surface area contributed by atoms with Crippen molar-refractivity contribution in [3.63, 3.8) is 0 Å². The number of amides is 9. The molecule has 6 heterocycles. The molecule has 145 heavy (non-hydrogen) atoms. The van der Waals surface area contributed by atoms with Gasteiger partial charge in [0, 0.05) is 66.1 Å². The van der Waals surface area contributed by atoms with Gasteiger partial charge in [0.15, 0.2) is 12.8 Å². The third kappa shape index (κ3) is 38.4. The molecule has 794 valence electrons. The van der Waals surface area contributed by atoms with Gasteiger partial charge in [-0.3, -0.25) is 49.5 Å². The first kappa shape index (κ1) is 127. The minimum atomic E-state index is -3.03. The zero-order valence-electron chi connectivity index (χ0n) is 79.5. The Balaban J connectivity index is 0.000000584. The first-order valence-electron chi connectivity index (χ1n) is 41.9. The Morgan fingerprint density at radius 2 is 0.697 bits per heavy atom. The summed E-state index contributed by atoms with van der Waals surface area (Å²) in [6.07, 6.45) is -2.56. The molecule has 0 spiro atoms. The fourth-order valence-corrected chi connectivity index (χ4v) is 14.9. The molecule has 6 N–H and O–H groups in total. The van der Waals surface area contributed by atoms with E-state index in [9.17, 15) is 106 Å². The van der Waals surface area contributed by atoms with Gasteiger partial charge in [0.2, 0.25) is 11.1 Å². The number of phenolic OH excluding ortho intramolecular Hbond substituents is 1. The van der Waals surface area contributed by atoms with E-state index in [1.54, 1.807) is 56.0 Å². The second kappa shape index (κ2) is 56.1. The van der Waals surface area contributed by atoms with Crippen molar-refractivity contribution in [2.24, 2.45) is 5.41 Å². The maximum absolute atomic E-state index is 12.9. The van der Waals surface area contributed by atoms with E-state index in [0.29, 0.717) is 58.5 Å². The van der Waals surface area contributed by atoms with E-state index in [-0.39, 0.29) is 144 Å². The molecule has 6 aromatic rings. The van der Waals surface area contributed by atoms with Crippen LogP contribution in [0.25, 0.3) is 0 Å². The van der Waals surface area contributed by atoms with E-state index in [2.05, 4.69) is 120 Å². The molecule has 49 heteroatoms. The predicted octanol–water partition coefficient (Wildman–Crippen LogP) is 15.6. The molecule has 0 aromatic heterocycles. The number of ether oxygens (including phenoxy) is 12. The number of aromatic hydroxyl groups is 1. The van der Waals surface area contributed by atoms with Crippen LogP contribution >= 0.6 is 15.9 Å². The minimum Gasteiger partial charge on any atom is -0.508 e. The minimum absolute atomic E-state index is 0. The lowest BCUT2D eigenvalue weighted by Crippen LogP contribution is -2.60. The van der Waals surface area contributed by atoms with Gasteiger partial charge in [0.25, 0.3) is 35.4 Å². The van der Waals surface area contributed by atoms with E-state index < -0.39 is 134 Å². The molecule has 0 fully saturated rings. The van der Waals surface area contributed by atoms with E-state index in [0.717, 1.165) is 45.1 Å². The van der Waals surface area contributed by atoms with Crippen LogP contribution in [0.1, 0.15) is 146 Å². The van der Waals surface area contributed by atoms with Crippen molar-refractivity contribution < 1.29 is 168 Å². The predicted molar refractivity (Wildman–Crippen MR) is 521 cm³/mol. The Kier molecular flexibility index (Phi) is 49.1. The van der Waals surface area contributed by atoms with Crippen molar-refractivity contribution in [2.45, 2.75) is 199 Å². The lowest BCUT2D eigenvalue weighted by Gasteiger charge is -2.31. The lowest BCUT2D eigenvalue weighted by molar-refractivity contribution is -0.156. The first-order chi connectivity index (χ1) is 65.8. The normalized spacial score (nSPS) is 13.9. The summed E-state index contributed by atoms with van der Waals surface area (Å²) in [5.41, 5.74) is 11.4. The fraction of sp³-hybridized carbons (Fsp3) is 0.427. The number of hydrogen-bond donors (Lipinski definition) is 6. The number of alkyl halides is 11. The van der Waals surface area contributed by atoms with Crippen LogP contribution in [0.3, 0.4) is 0 Å². The summed E-state index contributed by atoms with van der Waals surface area (Å²) in [5.74, 6) is 3.39. The highest BCUT2D eigenvalue weighted by molar-refractivity contribution is 9.09. The number of halogens is 11. The fourth-order valence-electron chi connectivity index (χ4n) is 12.7. The number of phenols is 1. The van der Waals surface area contributed by atoms with E-state index in [1.165, 1.54) is 108 Å². The largest absolute Gasteiger partial charge is 0.508 e. The van der Waals surface area contributed by atoms with Gasteiger partial charge in [-0.2, -0.15) is 43.9 Å². The van der Waals surface area contributed by atoms with Gasteiger partial charge in [0.1, 0.15) is 58.7 Å². The van der Waals surface area contributed by atoms with Crippen molar-refractivity contribution in [2.75, 3.05) is 67.9 Å². The molecule has 12 rings (SSSR count). The SMILES string of the molecule is C.C.C.C.CC(C)(C)C(=O)OCN1Cc2ccc(OC(F)F)cc2C1=O.COC(=O)NC(C#C[Si](C)(C)C)(CN1Cc2ccc(OC(F)F)cc2C1=O)C(=O)OC.COC(=O)NC(C#C[Si](C)(C)C)C(=O)OC.COC(=O)N[C@](C#C[Si](C)(C)C)(CN1Cc2ccc(OC(F)F)cc2C1=O)C(=O)OC.O=C1NCc2ccc(O)cc21.O=C1NCc2ccc(OC(F)F)cc21.O=C1c2cc(OC(F)F)ccc2CN1CBr. The second-order valence-electron chi connectivity index (χ2n) is 34.6. The average molecular weight is 2170 g/mol. The Morgan fingerprint density at radius 1 is 0.400 bits per heavy atom. The number of alkyl carbamates (subject to hydrolysis) is 3. The van der Waals surface area contributed by atoms with Crippen LogP contribution in [0.15, 0.2) is 109 Å². The topological polar surface area (TPSA) is 426 Å². The van der Waals surface area contributed by atoms with Crippen molar-refractivity contribution in [3.8, 4) is 68.9 Å². The van der Waals surface area contributed by atoms with Gasteiger partial charge < -0.3 is 92.2 Å². The highest BCUT2D eigenvalue weighted by atomic mass is 79.9. The number of benzene rings is 6. The molecule has 0 aliphatic carbocycles. The number of nitrogens with zero attached hydrogens (tertiary/aromatic N) is 4. The van der Waals surface area contributed by atoms with Gasteiger partial charge in [0.05, 0.1) is 73.2 Å². The highest BCUT2D eigenvalue weighted by Gasteiger charge is 2.48. The molecular formula is C96H120BrF10N9O26Si3. The summed E-state index contributed by atoms with van der Waals surface area (Å²) in [4.78, 5) is 161. The van der Waals surface area contributed by atoms with Crippen molar-refractivity contribution in [1.82, 2.24) is 46.2 Å².